The standard InChI is InChI=1S/C24H37N3O6S.CH2O2/c25-34(31,32)20-10-6-8-19(16-20)9-7-15-33-14-5-3-1-2-4-13-26-17-24(30)21-11-12-23(29)22(18-28)27-21;2-1-3/h6,8,10-12,16,24,26,28-30H,1-5,7,9,13-15,17-18H2,(H2,25,31,32);1H,(H,2,3). The summed E-state index contributed by atoms with van der Waals surface area (Å²) >= 11 is 0. The number of ether oxygens (including phenoxy) is 1. The Morgan fingerprint density at radius 3 is 2.43 bits per heavy atom. The molecule has 0 spiro atoms. The van der Waals surface area contributed by atoms with Crippen LogP contribution in [-0.2, 0) is 32.6 Å². The minimum absolute atomic E-state index is 0.0788. The molecule has 37 heavy (non-hydrogen) atoms. The number of unbranched alkanes of at least 4 members (excludes halogenated alkanes) is 4. The van der Waals surface area contributed by atoms with Crippen molar-refractivity contribution in [3.8, 4) is 5.75 Å². The zero-order valence-electron chi connectivity index (χ0n) is 21.0. The average Bonchev–Trinajstić information content (AvgIpc) is 2.87. The molecule has 0 aliphatic heterocycles. The van der Waals surface area contributed by atoms with Gasteiger partial charge in [0, 0.05) is 19.8 Å². The number of sulfonamides is 1. The number of pyridine rings is 1. The van der Waals surface area contributed by atoms with E-state index in [4.69, 9.17) is 24.9 Å². The van der Waals surface area contributed by atoms with Gasteiger partial charge in [-0.05, 0) is 62.1 Å². The normalized spacial score (nSPS) is 12.0. The summed E-state index contributed by atoms with van der Waals surface area (Å²) < 4.78 is 28.5. The lowest BCUT2D eigenvalue weighted by Crippen LogP contribution is -2.23. The van der Waals surface area contributed by atoms with Crippen LogP contribution in [0.15, 0.2) is 41.3 Å². The van der Waals surface area contributed by atoms with Crippen LogP contribution in [0.1, 0.15) is 61.6 Å². The number of primary sulfonamides is 1. The molecule has 0 fully saturated rings. The third-order valence-corrected chi connectivity index (χ3v) is 6.33. The number of aromatic nitrogens is 1. The minimum Gasteiger partial charge on any atom is -0.506 e. The Morgan fingerprint density at radius 2 is 1.73 bits per heavy atom. The number of hydrogen-bond donors (Lipinski definition) is 6. The van der Waals surface area contributed by atoms with Gasteiger partial charge in [-0.3, -0.25) is 4.79 Å². The number of carbonyl (C=O) groups is 1. The van der Waals surface area contributed by atoms with Crippen molar-refractivity contribution < 1.29 is 38.4 Å². The van der Waals surface area contributed by atoms with Crippen LogP contribution in [0, 0.1) is 0 Å². The molecule has 0 aliphatic carbocycles. The largest absolute Gasteiger partial charge is 0.506 e. The van der Waals surface area contributed by atoms with Crippen LogP contribution in [0.3, 0.4) is 0 Å². The van der Waals surface area contributed by atoms with Gasteiger partial charge in [-0.15, -0.1) is 0 Å². The molecule has 7 N–H and O–H groups in total. The summed E-state index contributed by atoms with van der Waals surface area (Å²) in [6, 6.07) is 9.68. The van der Waals surface area contributed by atoms with Gasteiger partial charge in [0.25, 0.3) is 6.47 Å². The van der Waals surface area contributed by atoms with E-state index in [2.05, 4.69) is 10.3 Å². The molecule has 2 rings (SSSR count). The number of aliphatic hydroxyl groups excluding tert-OH is 2. The molecule has 0 saturated carbocycles. The van der Waals surface area contributed by atoms with E-state index >= 15 is 0 Å². The van der Waals surface area contributed by atoms with E-state index in [1.54, 1.807) is 18.2 Å². The van der Waals surface area contributed by atoms with Crippen molar-refractivity contribution in [3.63, 3.8) is 0 Å². The van der Waals surface area contributed by atoms with E-state index in [-0.39, 0.29) is 29.4 Å². The molecule has 12 heteroatoms. The maximum Gasteiger partial charge on any atom is 0.290 e. The van der Waals surface area contributed by atoms with Gasteiger partial charge in [-0.2, -0.15) is 0 Å². The maximum atomic E-state index is 11.4. The molecule has 0 radical (unpaired) electrons. The van der Waals surface area contributed by atoms with Crippen molar-refractivity contribution >= 4 is 16.5 Å². The van der Waals surface area contributed by atoms with Gasteiger partial charge in [0.15, 0.2) is 0 Å². The number of aliphatic hydroxyl groups is 2. The molecule has 1 unspecified atom stereocenters. The summed E-state index contributed by atoms with van der Waals surface area (Å²) in [5.74, 6) is -0.0788. The molecule has 0 amide bonds. The monoisotopic (exact) mass is 541 g/mol. The van der Waals surface area contributed by atoms with Gasteiger partial charge in [-0.25, -0.2) is 18.5 Å². The molecule has 0 bridgehead atoms. The third-order valence-electron chi connectivity index (χ3n) is 5.42. The molecular weight excluding hydrogens is 502 g/mol. The van der Waals surface area contributed by atoms with Gasteiger partial charge in [0.1, 0.15) is 17.5 Å². The van der Waals surface area contributed by atoms with E-state index < -0.39 is 16.1 Å². The van der Waals surface area contributed by atoms with Gasteiger partial charge in [-0.1, -0.05) is 31.4 Å². The Balaban J connectivity index is 0.00000217. The van der Waals surface area contributed by atoms with Crippen molar-refractivity contribution in [2.24, 2.45) is 5.14 Å². The third kappa shape index (κ3) is 14.1. The first-order valence-electron chi connectivity index (χ1n) is 12.2. The van der Waals surface area contributed by atoms with E-state index in [0.717, 1.165) is 63.7 Å². The molecule has 0 saturated heterocycles. The first-order valence-corrected chi connectivity index (χ1v) is 13.7. The highest BCUT2D eigenvalue weighted by Gasteiger charge is 2.11. The topological polar surface area (TPSA) is 192 Å². The van der Waals surface area contributed by atoms with Crippen LogP contribution < -0.4 is 10.5 Å². The lowest BCUT2D eigenvalue weighted by molar-refractivity contribution is -0.122. The van der Waals surface area contributed by atoms with Crippen LogP contribution in [0.25, 0.3) is 0 Å². The van der Waals surface area contributed by atoms with Gasteiger partial charge in [0.2, 0.25) is 10.0 Å². The van der Waals surface area contributed by atoms with E-state index in [1.807, 2.05) is 6.07 Å². The van der Waals surface area contributed by atoms with Crippen molar-refractivity contribution in [2.75, 3.05) is 26.3 Å². The fourth-order valence-corrected chi connectivity index (χ4v) is 4.08. The average molecular weight is 542 g/mol. The van der Waals surface area contributed by atoms with Gasteiger partial charge >= 0.3 is 0 Å². The summed E-state index contributed by atoms with van der Waals surface area (Å²) in [4.78, 5) is 12.6. The van der Waals surface area contributed by atoms with Crippen LogP contribution in [-0.4, -0.2) is 66.6 Å². The van der Waals surface area contributed by atoms with E-state index in [9.17, 15) is 18.6 Å². The van der Waals surface area contributed by atoms with E-state index in [1.165, 1.54) is 12.1 Å². The number of rotatable bonds is 17. The minimum atomic E-state index is -3.66. The molecular formula is C25H39N3O8S. The van der Waals surface area contributed by atoms with Crippen molar-refractivity contribution in [1.82, 2.24) is 10.3 Å². The fourth-order valence-electron chi connectivity index (χ4n) is 3.50. The molecule has 11 nitrogen and oxygen atoms in total. The number of nitrogens with zero attached hydrogens (tertiary/aromatic N) is 1. The van der Waals surface area contributed by atoms with Crippen molar-refractivity contribution in [1.29, 1.82) is 0 Å². The molecule has 1 aromatic heterocycles. The van der Waals surface area contributed by atoms with Crippen molar-refractivity contribution in [2.45, 2.75) is 62.6 Å². The van der Waals surface area contributed by atoms with Crippen LogP contribution in [0.5, 0.6) is 5.75 Å². The molecule has 1 heterocycles. The first kappa shape index (κ1) is 32.4. The predicted molar refractivity (Wildman–Crippen MR) is 138 cm³/mol. The molecule has 208 valence electrons. The molecule has 1 aromatic carbocycles. The summed E-state index contributed by atoms with van der Waals surface area (Å²) in [6.45, 7) is 1.90. The number of carboxylic acid groups (broad SMARTS) is 1. The lowest BCUT2D eigenvalue weighted by atomic mass is 10.1. The van der Waals surface area contributed by atoms with Gasteiger partial charge < -0.3 is 30.5 Å². The Hall–Kier alpha value is -2.61. The lowest BCUT2D eigenvalue weighted by Gasteiger charge is -2.13. The second kappa shape index (κ2) is 18.6. The number of nitrogens with two attached hydrogens (primary N) is 1. The van der Waals surface area contributed by atoms with Crippen LogP contribution in [0.2, 0.25) is 0 Å². The highest BCUT2D eigenvalue weighted by molar-refractivity contribution is 7.89. The summed E-state index contributed by atoms with van der Waals surface area (Å²) in [6.07, 6.45) is 6.11. The second-order valence-electron chi connectivity index (χ2n) is 8.36. The Kier molecular flexibility index (Phi) is 16.3. The molecule has 2 aromatic rings. The number of benzene rings is 1. The fraction of sp³-hybridized carbons (Fsp3) is 0.520. The Morgan fingerprint density at radius 1 is 1.05 bits per heavy atom. The van der Waals surface area contributed by atoms with E-state index in [0.29, 0.717) is 18.8 Å². The van der Waals surface area contributed by atoms with Crippen LogP contribution in [0.4, 0.5) is 0 Å². The zero-order valence-corrected chi connectivity index (χ0v) is 21.8. The van der Waals surface area contributed by atoms with Crippen LogP contribution >= 0.6 is 0 Å². The smallest absolute Gasteiger partial charge is 0.290 e. The number of nitrogens with one attached hydrogen (secondary N) is 1. The summed E-state index contributed by atoms with van der Waals surface area (Å²) in [7, 11) is -3.66. The second-order valence-corrected chi connectivity index (χ2v) is 9.92. The summed E-state index contributed by atoms with van der Waals surface area (Å²) in [5.41, 5.74) is 1.52. The Bertz CT molecular complexity index is 1020. The SMILES string of the molecule is NS(=O)(=O)c1cccc(CCCOCCCCCCCNCC(O)c2ccc(O)c(CO)n2)c1.O=CO. The summed E-state index contributed by atoms with van der Waals surface area (Å²) in [5, 5.41) is 44.1. The first-order chi connectivity index (χ1) is 17.7. The van der Waals surface area contributed by atoms with Gasteiger partial charge in [0.05, 0.1) is 17.2 Å². The highest BCUT2D eigenvalue weighted by atomic mass is 32.2. The maximum absolute atomic E-state index is 11.4. The van der Waals surface area contributed by atoms with Crippen molar-refractivity contribution in [3.05, 3.63) is 53.3 Å². The number of hydrogen-bond acceptors (Lipinski definition) is 9. The Labute approximate surface area is 218 Å². The zero-order chi connectivity index (χ0) is 27.5. The molecule has 1 atom stereocenters. The number of aromatic hydroxyl groups is 1. The molecule has 0 aliphatic rings. The predicted octanol–water partition coefficient (Wildman–Crippen LogP) is 1.85. The highest BCUT2D eigenvalue weighted by Crippen LogP contribution is 2.18. The quantitative estimate of drug-likeness (QED) is 0.127. The number of aryl methyl sites for hydroxylation is 1.